The number of hydrogen-bond donors (Lipinski definition) is 3. The Hall–Kier alpha value is -1.10. The molecule has 1 amide bonds. The Kier molecular flexibility index (Phi) is 6.28. The van der Waals surface area contributed by atoms with Crippen molar-refractivity contribution >= 4 is 11.9 Å². The lowest BCUT2D eigenvalue weighted by Crippen LogP contribution is -2.53. The van der Waals surface area contributed by atoms with E-state index in [4.69, 9.17) is 5.73 Å². The zero-order valence-electron chi connectivity index (χ0n) is 11.9. The van der Waals surface area contributed by atoms with Gasteiger partial charge in [-0.25, -0.2) is 4.79 Å². The van der Waals surface area contributed by atoms with Crippen LogP contribution < -0.4 is 11.1 Å². The molecule has 0 bridgehead atoms. The number of hydrogen-bond acceptors (Lipinski definition) is 3. The minimum absolute atomic E-state index is 0.0410. The van der Waals surface area contributed by atoms with E-state index < -0.39 is 18.1 Å². The van der Waals surface area contributed by atoms with E-state index in [-0.39, 0.29) is 17.7 Å². The van der Waals surface area contributed by atoms with Gasteiger partial charge in [0.25, 0.3) is 0 Å². The lowest BCUT2D eigenvalue weighted by atomic mass is 9.83. The van der Waals surface area contributed by atoms with Crippen molar-refractivity contribution in [1.82, 2.24) is 5.32 Å². The van der Waals surface area contributed by atoms with Gasteiger partial charge in [-0.3, -0.25) is 4.79 Å². The molecule has 0 aliphatic heterocycles. The van der Waals surface area contributed by atoms with Crippen LogP contribution in [0, 0.1) is 11.8 Å². The van der Waals surface area contributed by atoms with Crippen LogP contribution in [0.4, 0.5) is 0 Å². The topological polar surface area (TPSA) is 92.4 Å². The highest BCUT2D eigenvalue weighted by Crippen LogP contribution is 2.26. The van der Waals surface area contributed by atoms with E-state index >= 15 is 0 Å². The van der Waals surface area contributed by atoms with Crippen molar-refractivity contribution in [2.75, 3.05) is 0 Å². The summed E-state index contributed by atoms with van der Waals surface area (Å²) in [5.41, 5.74) is 5.84. The number of amides is 1. The van der Waals surface area contributed by atoms with Crippen LogP contribution in [0.25, 0.3) is 0 Å². The maximum Gasteiger partial charge on any atom is 0.326 e. The average molecular weight is 270 g/mol. The predicted molar refractivity (Wildman–Crippen MR) is 73.6 cm³/mol. The lowest BCUT2D eigenvalue weighted by Gasteiger charge is -2.29. The third-order valence-corrected chi connectivity index (χ3v) is 4.24. The third kappa shape index (κ3) is 4.49. The molecule has 0 aromatic heterocycles. The first-order valence-electron chi connectivity index (χ1n) is 7.26. The van der Waals surface area contributed by atoms with Gasteiger partial charge in [0.2, 0.25) is 5.91 Å². The van der Waals surface area contributed by atoms with Gasteiger partial charge in [-0.1, -0.05) is 39.5 Å². The van der Waals surface area contributed by atoms with E-state index in [2.05, 4.69) is 5.32 Å². The zero-order chi connectivity index (χ0) is 14.4. The predicted octanol–water partition coefficient (Wildman–Crippen LogP) is 1.51. The van der Waals surface area contributed by atoms with Gasteiger partial charge >= 0.3 is 5.97 Å². The van der Waals surface area contributed by atoms with E-state index in [1.807, 2.05) is 13.8 Å². The molecule has 0 saturated heterocycles. The Balaban J connectivity index is 2.62. The number of carboxylic acids is 1. The maximum absolute atomic E-state index is 12.0. The molecule has 1 fully saturated rings. The first kappa shape index (κ1) is 16.0. The largest absolute Gasteiger partial charge is 0.480 e. The van der Waals surface area contributed by atoms with Crippen molar-refractivity contribution in [3.63, 3.8) is 0 Å². The fourth-order valence-corrected chi connectivity index (χ4v) is 2.61. The molecule has 1 rings (SSSR count). The summed E-state index contributed by atoms with van der Waals surface area (Å²) in [6.45, 7) is 3.87. The molecule has 5 heteroatoms. The van der Waals surface area contributed by atoms with Crippen LogP contribution in [0.5, 0.6) is 0 Å². The molecule has 3 unspecified atom stereocenters. The van der Waals surface area contributed by atoms with E-state index in [0.29, 0.717) is 0 Å². The summed E-state index contributed by atoms with van der Waals surface area (Å²) in [5, 5.41) is 11.9. The maximum atomic E-state index is 12.0. The van der Waals surface area contributed by atoms with Crippen LogP contribution in [0.15, 0.2) is 0 Å². The molecule has 4 N–H and O–H groups in total. The molecular weight excluding hydrogens is 244 g/mol. The minimum atomic E-state index is -0.948. The molecule has 0 radical (unpaired) electrons. The van der Waals surface area contributed by atoms with Crippen molar-refractivity contribution in [2.45, 2.75) is 64.5 Å². The number of nitrogens with one attached hydrogen (secondary N) is 1. The summed E-state index contributed by atoms with van der Waals surface area (Å²) in [6, 6.07) is -1.42. The fraction of sp³-hybridized carbons (Fsp3) is 0.857. The molecule has 5 nitrogen and oxygen atoms in total. The molecule has 110 valence electrons. The third-order valence-electron chi connectivity index (χ3n) is 4.24. The van der Waals surface area contributed by atoms with Gasteiger partial charge in [0.15, 0.2) is 0 Å². The van der Waals surface area contributed by atoms with Crippen molar-refractivity contribution < 1.29 is 14.7 Å². The van der Waals surface area contributed by atoms with Crippen LogP contribution in [0.3, 0.4) is 0 Å². The van der Waals surface area contributed by atoms with Gasteiger partial charge < -0.3 is 16.2 Å². The molecule has 0 heterocycles. The quantitative estimate of drug-likeness (QED) is 0.682. The summed E-state index contributed by atoms with van der Waals surface area (Å²) in [7, 11) is 0. The van der Waals surface area contributed by atoms with E-state index in [0.717, 1.165) is 38.5 Å². The first-order valence-corrected chi connectivity index (χ1v) is 7.26. The van der Waals surface area contributed by atoms with Crippen molar-refractivity contribution in [2.24, 2.45) is 17.6 Å². The standard InChI is InChI=1S/C14H26N2O3/c1-3-9(2)11(15)13(17)16-12(14(18)19)10-7-5-4-6-8-10/h9-12H,3-8,15H2,1-2H3,(H,16,17)(H,18,19). The summed E-state index contributed by atoms with van der Waals surface area (Å²) in [4.78, 5) is 23.3. The molecule has 1 saturated carbocycles. The number of rotatable bonds is 6. The van der Waals surface area contributed by atoms with E-state index in [1.165, 1.54) is 0 Å². The number of carbonyl (C=O) groups is 2. The Morgan fingerprint density at radius 2 is 1.89 bits per heavy atom. The fourth-order valence-electron chi connectivity index (χ4n) is 2.61. The van der Waals surface area contributed by atoms with Gasteiger partial charge in [-0.2, -0.15) is 0 Å². The van der Waals surface area contributed by atoms with E-state index in [9.17, 15) is 14.7 Å². The molecule has 0 aromatic carbocycles. The van der Waals surface area contributed by atoms with Crippen molar-refractivity contribution in [3.05, 3.63) is 0 Å². The molecule has 19 heavy (non-hydrogen) atoms. The number of nitrogens with two attached hydrogens (primary N) is 1. The molecule has 3 atom stereocenters. The highest BCUT2D eigenvalue weighted by molar-refractivity contribution is 5.87. The van der Waals surface area contributed by atoms with Crippen molar-refractivity contribution in [1.29, 1.82) is 0 Å². The van der Waals surface area contributed by atoms with Crippen LogP contribution in [-0.2, 0) is 9.59 Å². The summed E-state index contributed by atoms with van der Waals surface area (Å²) >= 11 is 0. The Morgan fingerprint density at radius 1 is 1.32 bits per heavy atom. The molecular formula is C14H26N2O3. The Morgan fingerprint density at radius 3 is 2.37 bits per heavy atom. The van der Waals surface area contributed by atoms with Crippen LogP contribution >= 0.6 is 0 Å². The number of carboxylic acid groups (broad SMARTS) is 1. The van der Waals surface area contributed by atoms with Gasteiger partial charge in [0.05, 0.1) is 6.04 Å². The zero-order valence-corrected chi connectivity index (χ0v) is 11.9. The summed E-state index contributed by atoms with van der Waals surface area (Å²) < 4.78 is 0. The van der Waals surface area contributed by atoms with Gasteiger partial charge in [0.1, 0.15) is 6.04 Å². The molecule has 0 spiro atoms. The Bertz CT molecular complexity index is 314. The number of carbonyl (C=O) groups excluding carboxylic acids is 1. The monoisotopic (exact) mass is 270 g/mol. The molecule has 0 aromatic rings. The van der Waals surface area contributed by atoms with Gasteiger partial charge in [-0.05, 0) is 24.7 Å². The average Bonchev–Trinajstić information content (AvgIpc) is 2.43. The van der Waals surface area contributed by atoms with Crippen LogP contribution in [0.2, 0.25) is 0 Å². The smallest absolute Gasteiger partial charge is 0.326 e. The number of aliphatic carboxylic acids is 1. The van der Waals surface area contributed by atoms with Gasteiger partial charge in [0, 0.05) is 0 Å². The minimum Gasteiger partial charge on any atom is -0.480 e. The lowest BCUT2D eigenvalue weighted by molar-refractivity contribution is -0.144. The Labute approximate surface area is 114 Å². The van der Waals surface area contributed by atoms with Crippen LogP contribution in [-0.4, -0.2) is 29.1 Å². The van der Waals surface area contributed by atoms with E-state index in [1.54, 1.807) is 0 Å². The highest BCUT2D eigenvalue weighted by atomic mass is 16.4. The van der Waals surface area contributed by atoms with Crippen LogP contribution in [0.1, 0.15) is 52.4 Å². The summed E-state index contributed by atoms with van der Waals surface area (Å²) in [6.07, 6.45) is 5.79. The summed E-state index contributed by atoms with van der Waals surface area (Å²) in [5.74, 6) is -1.19. The SMILES string of the molecule is CCC(C)C(N)C(=O)NC(C(=O)O)C1CCCCC1. The molecule has 1 aliphatic rings. The highest BCUT2D eigenvalue weighted by Gasteiger charge is 2.32. The second kappa shape index (κ2) is 7.48. The second-order valence-corrected chi connectivity index (χ2v) is 5.63. The normalized spacial score (nSPS) is 21.4. The molecule has 1 aliphatic carbocycles. The van der Waals surface area contributed by atoms with Gasteiger partial charge in [-0.15, -0.1) is 0 Å². The first-order chi connectivity index (χ1) is 8.97. The van der Waals surface area contributed by atoms with Crippen molar-refractivity contribution in [3.8, 4) is 0 Å². The second-order valence-electron chi connectivity index (χ2n) is 5.63.